The molecule has 2 atom stereocenters. The lowest BCUT2D eigenvalue weighted by atomic mass is 9.72. The van der Waals surface area contributed by atoms with Crippen LogP contribution in [0.1, 0.15) is 57.9 Å². The van der Waals surface area contributed by atoms with Gasteiger partial charge in [0.15, 0.2) is 17.3 Å². The zero-order valence-corrected chi connectivity index (χ0v) is 21.2. The van der Waals surface area contributed by atoms with Gasteiger partial charge in [-0.25, -0.2) is 4.79 Å². The van der Waals surface area contributed by atoms with Gasteiger partial charge in [0.1, 0.15) is 6.61 Å². The Labute approximate surface area is 208 Å². The Morgan fingerprint density at radius 1 is 1.32 bits per heavy atom. The standard InChI is InChI=1S/C26H29BrN2O5/c1-4-7-16-10-20-25(21(30)11-16)24(18(14-28)15(3)29-20)17-12-19(27)26(22(13-17)33-5-2)34-9-6-8-23(31)32/h6,8,12-13,16,24,29H,4-5,7,9-11H2,1-3H3,(H,31,32). The van der Waals surface area contributed by atoms with Gasteiger partial charge in [-0.2, -0.15) is 5.26 Å². The summed E-state index contributed by atoms with van der Waals surface area (Å²) in [5.41, 5.74) is 3.58. The lowest BCUT2D eigenvalue weighted by molar-refractivity contribution is -0.131. The molecule has 1 aliphatic heterocycles. The largest absolute Gasteiger partial charge is 0.490 e. The Morgan fingerprint density at radius 2 is 2.09 bits per heavy atom. The number of allylic oxidation sites excluding steroid dienone is 4. The average Bonchev–Trinajstić information content (AvgIpc) is 2.77. The van der Waals surface area contributed by atoms with Crippen LogP contribution in [0.5, 0.6) is 11.5 Å². The summed E-state index contributed by atoms with van der Waals surface area (Å²) in [6.45, 7) is 6.27. The third-order valence-electron chi connectivity index (χ3n) is 5.98. The van der Waals surface area contributed by atoms with Crippen LogP contribution >= 0.6 is 15.9 Å². The van der Waals surface area contributed by atoms with Crippen molar-refractivity contribution in [2.45, 2.75) is 52.4 Å². The number of carboxylic acid groups (broad SMARTS) is 1. The summed E-state index contributed by atoms with van der Waals surface area (Å²) in [4.78, 5) is 24.0. The van der Waals surface area contributed by atoms with Crippen LogP contribution in [0, 0.1) is 17.2 Å². The zero-order valence-electron chi connectivity index (χ0n) is 19.6. The summed E-state index contributed by atoms with van der Waals surface area (Å²) in [7, 11) is 0. The lowest BCUT2D eigenvalue weighted by Crippen LogP contribution is -2.34. The molecule has 2 N–H and O–H groups in total. The van der Waals surface area contributed by atoms with Crippen LogP contribution in [0.15, 0.2) is 51.3 Å². The van der Waals surface area contributed by atoms with Gasteiger partial charge in [0.05, 0.1) is 28.6 Å². The highest BCUT2D eigenvalue weighted by Gasteiger charge is 2.39. The summed E-state index contributed by atoms with van der Waals surface area (Å²) in [5, 5.41) is 22.1. The molecule has 0 fully saturated rings. The van der Waals surface area contributed by atoms with Crippen molar-refractivity contribution >= 4 is 27.7 Å². The predicted octanol–water partition coefficient (Wildman–Crippen LogP) is 5.39. The highest BCUT2D eigenvalue weighted by molar-refractivity contribution is 9.10. The van der Waals surface area contributed by atoms with Crippen molar-refractivity contribution in [2.75, 3.05) is 13.2 Å². The number of halogens is 1. The fraction of sp³-hybridized carbons (Fsp3) is 0.423. The molecule has 34 heavy (non-hydrogen) atoms. The number of nitrogens with one attached hydrogen (secondary N) is 1. The molecule has 0 saturated heterocycles. The summed E-state index contributed by atoms with van der Waals surface area (Å²) < 4.78 is 12.2. The molecule has 1 aromatic carbocycles. The fourth-order valence-corrected chi connectivity index (χ4v) is 5.23. The van der Waals surface area contributed by atoms with Crippen LogP contribution in [-0.2, 0) is 9.59 Å². The predicted molar refractivity (Wildman–Crippen MR) is 131 cm³/mol. The number of carbonyl (C=O) groups is 2. The molecule has 3 rings (SSSR count). The van der Waals surface area contributed by atoms with E-state index in [1.165, 1.54) is 6.08 Å². The third kappa shape index (κ3) is 5.53. The van der Waals surface area contributed by atoms with E-state index in [2.05, 4.69) is 34.2 Å². The van der Waals surface area contributed by atoms with Crippen LogP contribution in [0.25, 0.3) is 0 Å². The topological polar surface area (TPSA) is 109 Å². The molecule has 180 valence electrons. The molecule has 2 unspecified atom stereocenters. The zero-order chi connectivity index (χ0) is 24.8. The van der Waals surface area contributed by atoms with Crippen molar-refractivity contribution in [3.8, 4) is 17.6 Å². The monoisotopic (exact) mass is 528 g/mol. The van der Waals surface area contributed by atoms with Gasteiger partial charge in [0.2, 0.25) is 0 Å². The quantitative estimate of drug-likeness (QED) is 0.413. The first kappa shape index (κ1) is 25.6. The van der Waals surface area contributed by atoms with Crippen molar-refractivity contribution in [3.05, 3.63) is 56.9 Å². The molecule has 0 aromatic heterocycles. The molecule has 7 nitrogen and oxygen atoms in total. The Bertz CT molecular complexity index is 1110. The molecule has 1 heterocycles. The molecule has 0 spiro atoms. The maximum Gasteiger partial charge on any atom is 0.328 e. The number of hydrogen-bond donors (Lipinski definition) is 2. The molecule has 1 aliphatic carbocycles. The molecule has 1 aromatic rings. The Kier molecular flexibility index (Phi) is 8.56. The van der Waals surface area contributed by atoms with E-state index in [4.69, 9.17) is 14.6 Å². The van der Waals surface area contributed by atoms with Gasteiger partial charge < -0.3 is 19.9 Å². The third-order valence-corrected chi connectivity index (χ3v) is 6.57. The van der Waals surface area contributed by atoms with Gasteiger partial charge >= 0.3 is 5.97 Å². The van der Waals surface area contributed by atoms with Gasteiger partial charge in [-0.15, -0.1) is 0 Å². The Balaban J connectivity index is 2.06. The molecule has 0 saturated carbocycles. The number of carbonyl (C=O) groups excluding carboxylic acids is 1. The number of ether oxygens (including phenoxy) is 2. The van der Waals surface area contributed by atoms with Crippen molar-refractivity contribution in [1.82, 2.24) is 5.32 Å². The van der Waals surface area contributed by atoms with E-state index in [1.807, 2.05) is 19.9 Å². The van der Waals surface area contributed by atoms with E-state index in [1.54, 1.807) is 6.07 Å². The highest BCUT2D eigenvalue weighted by Crippen LogP contribution is 2.47. The second kappa shape index (κ2) is 11.4. The summed E-state index contributed by atoms with van der Waals surface area (Å²) >= 11 is 3.54. The minimum Gasteiger partial charge on any atom is -0.490 e. The number of rotatable bonds is 9. The molecular formula is C26H29BrN2O5. The van der Waals surface area contributed by atoms with Gasteiger partial charge in [0, 0.05) is 29.5 Å². The molecular weight excluding hydrogens is 500 g/mol. The first-order chi connectivity index (χ1) is 16.3. The first-order valence-corrected chi connectivity index (χ1v) is 12.2. The van der Waals surface area contributed by atoms with E-state index < -0.39 is 11.9 Å². The molecule has 0 bridgehead atoms. The van der Waals surface area contributed by atoms with E-state index in [-0.39, 0.29) is 12.4 Å². The van der Waals surface area contributed by atoms with Crippen molar-refractivity contribution in [1.29, 1.82) is 5.26 Å². The number of carboxylic acids is 1. The molecule has 0 radical (unpaired) electrons. The molecule has 8 heteroatoms. The summed E-state index contributed by atoms with van der Waals surface area (Å²) in [6, 6.07) is 5.96. The fourth-order valence-electron chi connectivity index (χ4n) is 4.65. The van der Waals surface area contributed by atoms with Crippen LogP contribution in [0.3, 0.4) is 0 Å². The number of nitriles is 1. The Hall–Kier alpha value is -3.05. The van der Waals surface area contributed by atoms with Crippen LogP contribution < -0.4 is 14.8 Å². The number of benzene rings is 1. The van der Waals surface area contributed by atoms with Gasteiger partial charge in [-0.1, -0.05) is 13.3 Å². The van der Waals surface area contributed by atoms with Crippen LogP contribution in [0.2, 0.25) is 0 Å². The maximum absolute atomic E-state index is 13.3. The van der Waals surface area contributed by atoms with Crippen molar-refractivity contribution in [2.24, 2.45) is 5.92 Å². The first-order valence-electron chi connectivity index (χ1n) is 11.4. The number of nitrogens with zero attached hydrogens (tertiary/aromatic N) is 1. The van der Waals surface area contributed by atoms with Crippen LogP contribution in [-0.4, -0.2) is 30.1 Å². The summed E-state index contributed by atoms with van der Waals surface area (Å²) in [5.74, 6) is -0.276. The minimum atomic E-state index is -1.05. The molecule has 0 amide bonds. The normalized spacial score (nSPS) is 20.1. The van der Waals surface area contributed by atoms with Gasteiger partial charge in [-0.05, 0) is 72.3 Å². The second-order valence-electron chi connectivity index (χ2n) is 8.40. The average molecular weight is 529 g/mol. The van der Waals surface area contributed by atoms with Crippen molar-refractivity contribution < 1.29 is 24.2 Å². The van der Waals surface area contributed by atoms with Crippen LogP contribution in [0.4, 0.5) is 0 Å². The van der Waals surface area contributed by atoms with Crippen molar-refractivity contribution in [3.63, 3.8) is 0 Å². The summed E-state index contributed by atoms with van der Waals surface area (Å²) in [6.07, 6.45) is 5.70. The number of aliphatic carboxylic acids is 1. The number of hydrogen-bond acceptors (Lipinski definition) is 6. The van der Waals surface area contributed by atoms with E-state index in [9.17, 15) is 14.9 Å². The van der Waals surface area contributed by atoms with E-state index in [0.29, 0.717) is 46.1 Å². The smallest absolute Gasteiger partial charge is 0.328 e. The Morgan fingerprint density at radius 3 is 2.74 bits per heavy atom. The number of Topliss-reactive ketones (excluding diaryl/α,β-unsaturated/α-hetero) is 1. The lowest BCUT2D eigenvalue weighted by Gasteiger charge is -2.35. The SMILES string of the molecule is CCCC1CC(=O)C2=C(C1)NC(C)=C(C#N)C2c1cc(Br)c(OCC=CC(=O)O)c(OCC)c1. The number of dihydropyridines is 1. The minimum absolute atomic E-state index is 0.0483. The molecule has 2 aliphatic rings. The highest BCUT2D eigenvalue weighted by atomic mass is 79.9. The maximum atomic E-state index is 13.3. The van der Waals surface area contributed by atoms with Gasteiger partial charge in [0.25, 0.3) is 0 Å². The number of ketones is 1. The van der Waals surface area contributed by atoms with E-state index in [0.717, 1.165) is 42.3 Å². The second-order valence-corrected chi connectivity index (χ2v) is 9.26. The van der Waals surface area contributed by atoms with E-state index >= 15 is 0 Å². The van der Waals surface area contributed by atoms with Gasteiger partial charge in [-0.3, -0.25) is 4.79 Å².